The largest absolute Gasteiger partial charge is 0.380 e. The van der Waals surface area contributed by atoms with Gasteiger partial charge in [0.05, 0.1) is 0 Å². The standard InChI is InChI=1S/C15H21N/c1-4-13-12-16(3)11-10-15(13,2)14-8-6-5-7-9-14/h5-11,13H,4,12H2,1-3H3. The highest BCUT2D eigenvalue weighted by molar-refractivity contribution is 5.32. The van der Waals surface area contributed by atoms with Crippen molar-refractivity contribution in [2.24, 2.45) is 5.92 Å². The quantitative estimate of drug-likeness (QED) is 0.730. The molecule has 0 saturated carbocycles. The molecule has 2 rings (SSSR count). The first-order valence-corrected chi connectivity index (χ1v) is 6.12. The Bertz CT molecular complexity index is 368. The van der Waals surface area contributed by atoms with Crippen molar-refractivity contribution in [2.45, 2.75) is 25.7 Å². The van der Waals surface area contributed by atoms with Crippen LogP contribution in [0.15, 0.2) is 42.6 Å². The molecule has 0 aliphatic carbocycles. The van der Waals surface area contributed by atoms with Crippen LogP contribution in [0.25, 0.3) is 0 Å². The molecular formula is C15H21N. The smallest absolute Gasteiger partial charge is 0.0208 e. The van der Waals surface area contributed by atoms with Crippen LogP contribution in [0.4, 0.5) is 0 Å². The summed E-state index contributed by atoms with van der Waals surface area (Å²) < 4.78 is 0. The molecule has 0 saturated heterocycles. The molecule has 0 N–H and O–H groups in total. The fourth-order valence-corrected chi connectivity index (χ4v) is 2.70. The maximum Gasteiger partial charge on any atom is 0.0208 e. The van der Waals surface area contributed by atoms with Crippen LogP contribution in [0.3, 0.4) is 0 Å². The van der Waals surface area contributed by atoms with Gasteiger partial charge in [-0.3, -0.25) is 0 Å². The summed E-state index contributed by atoms with van der Waals surface area (Å²) in [5.74, 6) is 0.699. The third-order valence-corrected chi connectivity index (χ3v) is 3.92. The summed E-state index contributed by atoms with van der Waals surface area (Å²) in [5.41, 5.74) is 1.63. The molecule has 1 heteroatoms. The zero-order chi connectivity index (χ0) is 11.6. The molecular weight excluding hydrogens is 194 g/mol. The third-order valence-electron chi connectivity index (χ3n) is 3.92. The monoisotopic (exact) mass is 215 g/mol. The van der Waals surface area contributed by atoms with Crippen molar-refractivity contribution in [1.29, 1.82) is 0 Å². The third kappa shape index (κ3) is 1.87. The molecule has 0 radical (unpaired) electrons. The lowest BCUT2D eigenvalue weighted by atomic mass is 9.69. The zero-order valence-corrected chi connectivity index (χ0v) is 10.5. The average Bonchev–Trinajstić information content (AvgIpc) is 2.33. The van der Waals surface area contributed by atoms with Crippen molar-refractivity contribution >= 4 is 0 Å². The molecule has 1 heterocycles. The molecule has 0 aromatic heterocycles. The highest BCUT2D eigenvalue weighted by Crippen LogP contribution is 2.38. The first kappa shape index (κ1) is 11.3. The number of nitrogens with zero attached hydrogens (tertiary/aromatic N) is 1. The summed E-state index contributed by atoms with van der Waals surface area (Å²) >= 11 is 0. The van der Waals surface area contributed by atoms with Gasteiger partial charge in [-0.2, -0.15) is 0 Å². The summed E-state index contributed by atoms with van der Waals surface area (Å²) in [7, 11) is 2.16. The SMILES string of the molecule is CCC1CN(C)C=CC1(C)c1ccccc1. The van der Waals surface area contributed by atoms with Crippen molar-refractivity contribution in [1.82, 2.24) is 4.90 Å². The summed E-state index contributed by atoms with van der Waals surface area (Å²) in [5, 5.41) is 0. The minimum absolute atomic E-state index is 0.197. The average molecular weight is 215 g/mol. The molecule has 1 nitrogen and oxygen atoms in total. The van der Waals surface area contributed by atoms with Gasteiger partial charge < -0.3 is 4.90 Å². The van der Waals surface area contributed by atoms with E-state index in [9.17, 15) is 0 Å². The minimum Gasteiger partial charge on any atom is -0.380 e. The Hall–Kier alpha value is -1.24. The Kier molecular flexibility index (Phi) is 3.04. The van der Waals surface area contributed by atoms with Crippen LogP contribution in [-0.4, -0.2) is 18.5 Å². The number of benzene rings is 1. The second-order valence-corrected chi connectivity index (χ2v) is 5.01. The molecule has 86 valence electrons. The van der Waals surface area contributed by atoms with Crippen molar-refractivity contribution in [3.05, 3.63) is 48.2 Å². The topological polar surface area (TPSA) is 3.24 Å². The molecule has 1 aromatic rings. The number of allylic oxidation sites excluding steroid dienone is 1. The van der Waals surface area contributed by atoms with Crippen LogP contribution >= 0.6 is 0 Å². The van der Waals surface area contributed by atoms with Crippen LogP contribution in [0.2, 0.25) is 0 Å². The summed E-state index contributed by atoms with van der Waals surface area (Å²) in [6.07, 6.45) is 5.80. The van der Waals surface area contributed by atoms with E-state index in [4.69, 9.17) is 0 Å². The summed E-state index contributed by atoms with van der Waals surface area (Å²) in [4.78, 5) is 2.29. The first-order chi connectivity index (χ1) is 7.66. The van der Waals surface area contributed by atoms with Gasteiger partial charge in [-0.05, 0) is 17.7 Å². The van der Waals surface area contributed by atoms with Gasteiger partial charge in [-0.25, -0.2) is 0 Å². The molecule has 1 aliphatic rings. The van der Waals surface area contributed by atoms with Gasteiger partial charge in [-0.1, -0.05) is 56.7 Å². The summed E-state index contributed by atoms with van der Waals surface area (Å²) in [6, 6.07) is 10.9. The van der Waals surface area contributed by atoms with Gasteiger partial charge in [0.1, 0.15) is 0 Å². The lowest BCUT2D eigenvalue weighted by Gasteiger charge is -2.41. The second-order valence-electron chi connectivity index (χ2n) is 5.01. The van der Waals surface area contributed by atoms with E-state index in [1.807, 2.05) is 0 Å². The van der Waals surface area contributed by atoms with E-state index < -0.39 is 0 Å². The maximum atomic E-state index is 2.36. The van der Waals surface area contributed by atoms with Crippen molar-refractivity contribution in [2.75, 3.05) is 13.6 Å². The van der Waals surface area contributed by atoms with Crippen LogP contribution in [0, 0.1) is 5.92 Å². The second kappa shape index (κ2) is 4.32. The number of hydrogen-bond acceptors (Lipinski definition) is 1. The predicted octanol–water partition coefficient (Wildman–Crippen LogP) is 3.43. The fourth-order valence-electron chi connectivity index (χ4n) is 2.70. The van der Waals surface area contributed by atoms with E-state index >= 15 is 0 Å². The van der Waals surface area contributed by atoms with Crippen molar-refractivity contribution in [3.63, 3.8) is 0 Å². The molecule has 0 amide bonds. The van der Waals surface area contributed by atoms with Crippen LogP contribution in [0.1, 0.15) is 25.8 Å². The van der Waals surface area contributed by atoms with Gasteiger partial charge in [0.2, 0.25) is 0 Å². The van der Waals surface area contributed by atoms with Gasteiger partial charge in [0, 0.05) is 19.0 Å². The Morgan fingerprint density at radius 1 is 1.31 bits per heavy atom. The minimum atomic E-state index is 0.197. The molecule has 0 bridgehead atoms. The van der Waals surface area contributed by atoms with Gasteiger partial charge >= 0.3 is 0 Å². The molecule has 1 aromatic carbocycles. The molecule has 1 aliphatic heterocycles. The Balaban J connectivity index is 2.39. The Labute approximate surface area is 98.8 Å². The van der Waals surface area contributed by atoms with Crippen molar-refractivity contribution in [3.8, 4) is 0 Å². The Morgan fingerprint density at radius 2 is 2.00 bits per heavy atom. The van der Waals surface area contributed by atoms with E-state index in [-0.39, 0.29) is 5.41 Å². The zero-order valence-electron chi connectivity index (χ0n) is 10.5. The molecule has 0 spiro atoms. The summed E-state index contributed by atoms with van der Waals surface area (Å²) in [6.45, 7) is 5.80. The lowest BCUT2D eigenvalue weighted by molar-refractivity contribution is 0.239. The van der Waals surface area contributed by atoms with Gasteiger partial charge in [0.15, 0.2) is 0 Å². The van der Waals surface area contributed by atoms with Crippen LogP contribution < -0.4 is 0 Å². The molecule has 2 unspecified atom stereocenters. The lowest BCUT2D eigenvalue weighted by Crippen LogP contribution is -2.40. The molecule has 2 atom stereocenters. The predicted molar refractivity (Wildman–Crippen MR) is 69.3 cm³/mol. The highest BCUT2D eigenvalue weighted by Gasteiger charge is 2.35. The van der Waals surface area contributed by atoms with Crippen LogP contribution in [-0.2, 0) is 5.41 Å². The fraction of sp³-hybridized carbons (Fsp3) is 0.467. The van der Waals surface area contributed by atoms with E-state index in [0.717, 1.165) is 6.54 Å². The van der Waals surface area contributed by atoms with E-state index in [2.05, 4.69) is 68.4 Å². The van der Waals surface area contributed by atoms with Crippen molar-refractivity contribution < 1.29 is 0 Å². The van der Waals surface area contributed by atoms with E-state index in [1.165, 1.54) is 12.0 Å². The van der Waals surface area contributed by atoms with E-state index in [1.54, 1.807) is 0 Å². The number of hydrogen-bond donors (Lipinski definition) is 0. The van der Waals surface area contributed by atoms with Crippen LogP contribution in [0.5, 0.6) is 0 Å². The van der Waals surface area contributed by atoms with Gasteiger partial charge in [0.25, 0.3) is 0 Å². The molecule has 16 heavy (non-hydrogen) atoms. The first-order valence-electron chi connectivity index (χ1n) is 6.12. The highest BCUT2D eigenvalue weighted by atomic mass is 15.1. The maximum absolute atomic E-state index is 2.36. The van der Waals surface area contributed by atoms with Gasteiger partial charge in [-0.15, -0.1) is 0 Å². The van der Waals surface area contributed by atoms with E-state index in [0.29, 0.717) is 5.92 Å². The normalized spacial score (nSPS) is 29.4. The molecule has 0 fully saturated rings. The Morgan fingerprint density at radius 3 is 2.62 bits per heavy atom. The number of rotatable bonds is 2.